The third-order valence-electron chi connectivity index (χ3n) is 3.70. The molecule has 1 aliphatic rings. The summed E-state index contributed by atoms with van der Waals surface area (Å²) >= 11 is 0. The molecule has 0 bridgehead atoms. The molecular weight excluding hydrogens is 230 g/mol. The summed E-state index contributed by atoms with van der Waals surface area (Å²) in [5.41, 5.74) is 5.87. The van der Waals surface area contributed by atoms with Crippen molar-refractivity contribution in [2.45, 2.75) is 24.8 Å². The molecule has 1 fully saturated rings. The minimum Gasteiger partial charge on any atom is -0.382 e. The maximum Gasteiger partial charge on any atom is 0.271 e. The molecule has 0 radical (unpaired) electrons. The molecule has 18 heavy (non-hydrogen) atoms. The van der Waals surface area contributed by atoms with Crippen molar-refractivity contribution in [3.05, 3.63) is 18.1 Å². The van der Waals surface area contributed by atoms with Crippen LogP contribution in [0.5, 0.6) is 0 Å². The van der Waals surface area contributed by atoms with E-state index in [0.717, 1.165) is 12.8 Å². The number of nitrogens with zero attached hydrogens (tertiary/aromatic N) is 3. The summed E-state index contributed by atoms with van der Waals surface area (Å²) in [7, 11) is 4.09. The molecule has 1 heterocycles. The van der Waals surface area contributed by atoms with E-state index in [4.69, 9.17) is 5.73 Å². The second-order valence-corrected chi connectivity index (χ2v) is 4.98. The van der Waals surface area contributed by atoms with Crippen LogP contribution in [-0.2, 0) is 0 Å². The highest BCUT2D eigenvalue weighted by Crippen LogP contribution is 2.35. The Morgan fingerprint density at radius 1 is 1.50 bits per heavy atom. The second-order valence-electron chi connectivity index (χ2n) is 4.98. The van der Waals surface area contributed by atoms with Crippen LogP contribution in [0, 0.1) is 0 Å². The molecule has 6 nitrogen and oxygen atoms in total. The fourth-order valence-corrected chi connectivity index (χ4v) is 2.19. The van der Waals surface area contributed by atoms with Gasteiger partial charge in [0.2, 0.25) is 0 Å². The number of carbonyl (C=O) groups is 1. The highest BCUT2D eigenvalue weighted by atomic mass is 16.1. The van der Waals surface area contributed by atoms with Crippen molar-refractivity contribution < 1.29 is 4.79 Å². The number of carbonyl (C=O) groups excluding carboxylic acids is 1. The molecule has 98 valence electrons. The zero-order chi connectivity index (χ0) is 13.2. The number of nitrogens with one attached hydrogen (secondary N) is 1. The highest BCUT2D eigenvalue weighted by molar-refractivity contribution is 5.92. The molecule has 0 unspecified atom stereocenters. The monoisotopic (exact) mass is 249 g/mol. The number of nitrogens with two attached hydrogens (primary N) is 1. The van der Waals surface area contributed by atoms with Gasteiger partial charge in [0.05, 0.1) is 12.4 Å². The van der Waals surface area contributed by atoms with E-state index < -0.39 is 0 Å². The van der Waals surface area contributed by atoms with Gasteiger partial charge in [-0.15, -0.1) is 0 Å². The first kappa shape index (κ1) is 12.8. The van der Waals surface area contributed by atoms with Gasteiger partial charge in [-0.1, -0.05) is 0 Å². The van der Waals surface area contributed by atoms with Crippen LogP contribution in [0.4, 0.5) is 5.82 Å². The molecule has 1 aliphatic carbocycles. The number of hydrogen-bond acceptors (Lipinski definition) is 5. The van der Waals surface area contributed by atoms with Gasteiger partial charge in [0.25, 0.3) is 5.91 Å². The third kappa shape index (κ3) is 2.43. The predicted octanol–water partition coefficient (Wildman–Crippen LogP) is 0.273. The molecule has 0 saturated heterocycles. The van der Waals surface area contributed by atoms with Crippen LogP contribution in [0.2, 0.25) is 0 Å². The molecule has 1 aromatic heterocycles. The van der Waals surface area contributed by atoms with Crippen LogP contribution in [0.1, 0.15) is 29.8 Å². The first-order chi connectivity index (χ1) is 8.53. The Bertz CT molecular complexity index is 442. The molecule has 3 N–H and O–H groups in total. The standard InChI is InChI=1S/C12H19N5O/c1-17(2)12(4-3-5-12)8-15-11(18)9-6-14-7-10(13)16-9/h6-7H,3-5,8H2,1-2H3,(H2,13,16)(H,15,18). The largest absolute Gasteiger partial charge is 0.382 e. The van der Waals surface area contributed by atoms with E-state index in [2.05, 4.69) is 20.2 Å². The zero-order valence-electron chi connectivity index (χ0n) is 10.8. The Balaban J connectivity index is 1.96. The maximum atomic E-state index is 11.9. The second kappa shape index (κ2) is 4.89. The lowest BCUT2D eigenvalue weighted by Crippen LogP contribution is -2.57. The van der Waals surface area contributed by atoms with E-state index >= 15 is 0 Å². The lowest BCUT2D eigenvalue weighted by Gasteiger charge is -2.47. The van der Waals surface area contributed by atoms with Crippen LogP contribution in [0.25, 0.3) is 0 Å². The number of anilines is 1. The van der Waals surface area contributed by atoms with E-state index in [-0.39, 0.29) is 23.0 Å². The van der Waals surface area contributed by atoms with Gasteiger partial charge in [-0.3, -0.25) is 9.78 Å². The molecule has 0 atom stereocenters. The molecular formula is C12H19N5O. The van der Waals surface area contributed by atoms with Crippen molar-refractivity contribution in [1.82, 2.24) is 20.2 Å². The van der Waals surface area contributed by atoms with Crippen LogP contribution in [0.15, 0.2) is 12.4 Å². The zero-order valence-corrected chi connectivity index (χ0v) is 10.8. The number of nitrogen functional groups attached to an aromatic ring is 1. The fraction of sp³-hybridized carbons (Fsp3) is 0.583. The Labute approximate surface area is 107 Å². The van der Waals surface area contributed by atoms with Crippen LogP contribution >= 0.6 is 0 Å². The van der Waals surface area contributed by atoms with Crippen LogP contribution in [0.3, 0.4) is 0 Å². The van der Waals surface area contributed by atoms with E-state index in [1.807, 2.05) is 14.1 Å². The highest BCUT2D eigenvalue weighted by Gasteiger charge is 2.39. The van der Waals surface area contributed by atoms with E-state index in [1.54, 1.807) is 0 Å². The topological polar surface area (TPSA) is 84.1 Å². The first-order valence-electron chi connectivity index (χ1n) is 6.07. The molecule has 1 amide bonds. The van der Waals surface area contributed by atoms with Gasteiger partial charge in [-0.25, -0.2) is 4.98 Å². The quantitative estimate of drug-likeness (QED) is 0.800. The Kier molecular flexibility index (Phi) is 3.47. The SMILES string of the molecule is CN(C)C1(CNC(=O)c2cncc(N)n2)CCC1. The minimum absolute atomic E-state index is 0.101. The molecule has 1 aromatic rings. The van der Waals surface area contributed by atoms with Crippen molar-refractivity contribution in [3.63, 3.8) is 0 Å². The maximum absolute atomic E-state index is 11.9. The summed E-state index contributed by atoms with van der Waals surface area (Å²) in [5.74, 6) is 0.0385. The Morgan fingerprint density at radius 3 is 2.72 bits per heavy atom. The summed E-state index contributed by atoms with van der Waals surface area (Å²) in [5, 5.41) is 2.91. The van der Waals surface area contributed by atoms with Crippen molar-refractivity contribution in [2.75, 3.05) is 26.4 Å². The van der Waals surface area contributed by atoms with Crippen molar-refractivity contribution in [2.24, 2.45) is 0 Å². The summed E-state index contributed by atoms with van der Waals surface area (Å²) < 4.78 is 0. The van der Waals surface area contributed by atoms with Gasteiger partial charge in [-0.05, 0) is 33.4 Å². The molecule has 0 aromatic carbocycles. The van der Waals surface area contributed by atoms with Gasteiger partial charge in [0.15, 0.2) is 0 Å². The first-order valence-corrected chi connectivity index (χ1v) is 6.07. The summed E-state index contributed by atoms with van der Waals surface area (Å²) in [4.78, 5) is 21.9. The van der Waals surface area contributed by atoms with E-state index in [1.165, 1.54) is 18.8 Å². The molecule has 0 aliphatic heterocycles. The third-order valence-corrected chi connectivity index (χ3v) is 3.70. The Morgan fingerprint density at radius 2 is 2.22 bits per heavy atom. The van der Waals surface area contributed by atoms with Crippen LogP contribution in [-0.4, -0.2) is 47.0 Å². The number of aromatic nitrogens is 2. The molecule has 6 heteroatoms. The van der Waals surface area contributed by atoms with E-state index in [0.29, 0.717) is 6.54 Å². The number of hydrogen-bond donors (Lipinski definition) is 2. The minimum atomic E-state index is -0.220. The van der Waals surface area contributed by atoms with Gasteiger partial charge in [0, 0.05) is 12.1 Å². The lowest BCUT2D eigenvalue weighted by molar-refractivity contribution is 0.0556. The Hall–Kier alpha value is -1.69. The average molecular weight is 249 g/mol. The van der Waals surface area contributed by atoms with Gasteiger partial charge in [0.1, 0.15) is 11.5 Å². The summed E-state index contributed by atoms with van der Waals surface area (Å²) in [6.07, 6.45) is 6.29. The van der Waals surface area contributed by atoms with Gasteiger partial charge < -0.3 is 16.0 Å². The van der Waals surface area contributed by atoms with Crippen molar-refractivity contribution in [1.29, 1.82) is 0 Å². The van der Waals surface area contributed by atoms with Crippen molar-refractivity contribution in [3.8, 4) is 0 Å². The summed E-state index contributed by atoms with van der Waals surface area (Å²) in [6, 6.07) is 0. The smallest absolute Gasteiger partial charge is 0.271 e. The predicted molar refractivity (Wildman–Crippen MR) is 69.0 cm³/mol. The normalized spacial score (nSPS) is 17.3. The lowest BCUT2D eigenvalue weighted by atomic mass is 9.75. The molecule has 1 saturated carbocycles. The van der Waals surface area contributed by atoms with Crippen molar-refractivity contribution >= 4 is 11.7 Å². The van der Waals surface area contributed by atoms with E-state index in [9.17, 15) is 4.79 Å². The molecule has 2 rings (SSSR count). The average Bonchev–Trinajstić information content (AvgIpc) is 2.26. The molecule has 0 spiro atoms. The van der Waals surface area contributed by atoms with Gasteiger partial charge >= 0.3 is 0 Å². The number of amides is 1. The fourth-order valence-electron chi connectivity index (χ4n) is 2.19. The number of rotatable bonds is 4. The van der Waals surface area contributed by atoms with Gasteiger partial charge in [-0.2, -0.15) is 0 Å². The number of likely N-dealkylation sites (N-methyl/N-ethyl adjacent to an activating group) is 1. The summed E-state index contributed by atoms with van der Waals surface area (Å²) in [6.45, 7) is 0.634. The van der Waals surface area contributed by atoms with Crippen LogP contribution < -0.4 is 11.1 Å².